The molecule has 0 aromatic heterocycles. The summed E-state index contributed by atoms with van der Waals surface area (Å²) in [4.78, 5) is 22.5. The summed E-state index contributed by atoms with van der Waals surface area (Å²) in [5.74, 6) is 0.263. The highest BCUT2D eigenvalue weighted by Crippen LogP contribution is 2.27. The Balaban J connectivity index is 2.34. The van der Waals surface area contributed by atoms with Crippen LogP contribution in [-0.4, -0.2) is 37.2 Å². The first-order valence-corrected chi connectivity index (χ1v) is 6.83. The van der Waals surface area contributed by atoms with E-state index in [0.717, 1.165) is 32.0 Å². The molecular formula is C14H25NO4. The molecule has 1 rings (SSSR count). The lowest BCUT2D eigenvalue weighted by atomic mass is 9.83. The van der Waals surface area contributed by atoms with E-state index in [1.165, 1.54) is 0 Å². The highest BCUT2D eigenvalue weighted by molar-refractivity contribution is 5.68. The topological polar surface area (TPSA) is 64.6 Å². The van der Waals surface area contributed by atoms with Gasteiger partial charge in [0, 0.05) is 13.2 Å². The van der Waals surface area contributed by atoms with E-state index < -0.39 is 5.60 Å². The quantitative estimate of drug-likeness (QED) is 0.797. The molecule has 1 amide bonds. The molecule has 1 saturated carbocycles. The van der Waals surface area contributed by atoms with Crippen LogP contribution >= 0.6 is 0 Å². The Kier molecular flexibility index (Phi) is 5.79. The molecule has 0 aromatic rings. The molecule has 5 heteroatoms. The van der Waals surface area contributed by atoms with Gasteiger partial charge in [-0.1, -0.05) is 0 Å². The summed E-state index contributed by atoms with van der Waals surface area (Å²) in [6, 6.07) is 0.134. The number of nitrogens with one attached hydrogen (secondary N) is 1. The van der Waals surface area contributed by atoms with Gasteiger partial charge in [-0.2, -0.15) is 0 Å². The predicted molar refractivity (Wildman–Crippen MR) is 72.0 cm³/mol. The summed E-state index contributed by atoms with van der Waals surface area (Å²) in [5.41, 5.74) is -0.472. The molecule has 1 atom stereocenters. The first-order valence-electron chi connectivity index (χ1n) is 6.83. The van der Waals surface area contributed by atoms with Crippen LogP contribution in [0.3, 0.4) is 0 Å². The number of alkyl carbamates (subject to hydrolysis) is 1. The molecule has 1 aliphatic rings. The fraction of sp³-hybridized carbons (Fsp3) is 0.857. The van der Waals surface area contributed by atoms with Gasteiger partial charge in [-0.25, -0.2) is 4.79 Å². The highest BCUT2D eigenvalue weighted by atomic mass is 16.6. The molecule has 19 heavy (non-hydrogen) atoms. The first-order chi connectivity index (χ1) is 8.85. The van der Waals surface area contributed by atoms with Gasteiger partial charge in [-0.05, 0) is 52.4 Å². The fourth-order valence-corrected chi connectivity index (χ4v) is 2.43. The molecule has 1 N–H and O–H groups in total. The van der Waals surface area contributed by atoms with Crippen molar-refractivity contribution in [2.24, 2.45) is 5.92 Å². The van der Waals surface area contributed by atoms with Crippen LogP contribution in [0, 0.1) is 5.92 Å². The van der Waals surface area contributed by atoms with Gasteiger partial charge in [0.1, 0.15) is 18.0 Å². The van der Waals surface area contributed by atoms with Crippen LogP contribution in [0.25, 0.3) is 0 Å². The Labute approximate surface area is 115 Å². The third kappa shape index (κ3) is 5.59. The number of ether oxygens (including phenoxy) is 2. The minimum atomic E-state index is -0.472. The van der Waals surface area contributed by atoms with E-state index in [-0.39, 0.29) is 24.2 Å². The third-order valence-electron chi connectivity index (χ3n) is 3.36. The van der Waals surface area contributed by atoms with Crippen molar-refractivity contribution >= 4 is 12.4 Å². The van der Waals surface area contributed by atoms with Gasteiger partial charge < -0.3 is 19.6 Å². The summed E-state index contributed by atoms with van der Waals surface area (Å²) in [7, 11) is 1.56. The van der Waals surface area contributed by atoms with Gasteiger partial charge in [0.15, 0.2) is 0 Å². The molecule has 0 radical (unpaired) electrons. The lowest BCUT2D eigenvalue weighted by Gasteiger charge is -2.31. The van der Waals surface area contributed by atoms with Gasteiger partial charge >= 0.3 is 6.09 Å². The monoisotopic (exact) mass is 271 g/mol. The zero-order chi connectivity index (χ0) is 14.5. The van der Waals surface area contributed by atoms with E-state index in [2.05, 4.69) is 5.32 Å². The summed E-state index contributed by atoms with van der Waals surface area (Å²) in [6.07, 6.45) is 3.67. The minimum Gasteiger partial charge on any atom is -0.444 e. The molecule has 0 aliphatic heterocycles. The largest absolute Gasteiger partial charge is 0.444 e. The molecule has 1 unspecified atom stereocenters. The fourth-order valence-electron chi connectivity index (χ4n) is 2.43. The second-order valence-electron chi connectivity index (χ2n) is 6.09. The van der Waals surface area contributed by atoms with Gasteiger partial charge in [0.2, 0.25) is 0 Å². The standard InChI is InChI=1S/C14H25NO4/c1-14(2,3)19-13(17)15-11-7-5-10(6-8-11)12(9-16)18-4/h9-12H,5-8H2,1-4H3,(H,15,17). The lowest BCUT2D eigenvalue weighted by Crippen LogP contribution is -2.42. The van der Waals surface area contributed by atoms with Crippen LogP contribution in [0.2, 0.25) is 0 Å². The second-order valence-corrected chi connectivity index (χ2v) is 6.09. The zero-order valence-electron chi connectivity index (χ0n) is 12.3. The van der Waals surface area contributed by atoms with E-state index in [9.17, 15) is 9.59 Å². The number of aldehydes is 1. The maximum atomic E-state index is 11.6. The maximum absolute atomic E-state index is 11.6. The van der Waals surface area contributed by atoms with E-state index in [0.29, 0.717) is 0 Å². The summed E-state index contributed by atoms with van der Waals surface area (Å²) >= 11 is 0. The smallest absolute Gasteiger partial charge is 0.407 e. The number of carbonyl (C=O) groups excluding carboxylic acids is 2. The van der Waals surface area contributed by atoms with Gasteiger partial charge in [-0.3, -0.25) is 0 Å². The molecule has 0 spiro atoms. The molecule has 0 bridgehead atoms. The molecular weight excluding hydrogens is 246 g/mol. The Hall–Kier alpha value is -1.10. The Morgan fingerprint density at radius 3 is 2.26 bits per heavy atom. The third-order valence-corrected chi connectivity index (χ3v) is 3.36. The number of hydrogen-bond acceptors (Lipinski definition) is 4. The minimum absolute atomic E-state index is 0.134. The van der Waals surface area contributed by atoms with E-state index in [1.54, 1.807) is 7.11 Å². The molecule has 5 nitrogen and oxygen atoms in total. The van der Waals surface area contributed by atoms with Crippen LogP contribution in [0.5, 0.6) is 0 Å². The summed E-state index contributed by atoms with van der Waals surface area (Å²) < 4.78 is 10.4. The normalized spacial score (nSPS) is 25.5. The average Bonchev–Trinajstić information content (AvgIpc) is 2.30. The predicted octanol–water partition coefficient (Wildman–Crippen LogP) is 2.28. The van der Waals surface area contributed by atoms with E-state index in [1.807, 2.05) is 20.8 Å². The Morgan fingerprint density at radius 2 is 1.84 bits per heavy atom. The summed E-state index contributed by atoms with van der Waals surface area (Å²) in [5, 5.41) is 2.88. The number of hydrogen-bond donors (Lipinski definition) is 1. The maximum Gasteiger partial charge on any atom is 0.407 e. The van der Waals surface area contributed by atoms with Crippen LogP contribution < -0.4 is 5.32 Å². The second kappa shape index (κ2) is 6.89. The van der Waals surface area contributed by atoms with Crippen molar-refractivity contribution in [2.75, 3.05) is 7.11 Å². The molecule has 110 valence electrons. The first kappa shape index (κ1) is 16.0. The Morgan fingerprint density at radius 1 is 1.26 bits per heavy atom. The summed E-state index contributed by atoms with van der Waals surface area (Å²) in [6.45, 7) is 5.53. The van der Waals surface area contributed by atoms with Crippen molar-refractivity contribution in [3.05, 3.63) is 0 Å². The van der Waals surface area contributed by atoms with E-state index >= 15 is 0 Å². The lowest BCUT2D eigenvalue weighted by molar-refractivity contribution is -0.120. The van der Waals surface area contributed by atoms with E-state index in [4.69, 9.17) is 9.47 Å². The van der Waals surface area contributed by atoms with Crippen molar-refractivity contribution in [3.63, 3.8) is 0 Å². The van der Waals surface area contributed by atoms with Crippen molar-refractivity contribution in [2.45, 2.75) is 64.2 Å². The van der Waals surface area contributed by atoms with Crippen molar-refractivity contribution in [3.8, 4) is 0 Å². The highest BCUT2D eigenvalue weighted by Gasteiger charge is 2.29. The van der Waals surface area contributed by atoms with Crippen molar-refractivity contribution in [1.82, 2.24) is 5.32 Å². The van der Waals surface area contributed by atoms with Crippen molar-refractivity contribution in [1.29, 1.82) is 0 Å². The average molecular weight is 271 g/mol. The Bertz CT molecular complexity index is 303. The van der Waals surface area contributed by atoms with Crippen LogP contribution in [0.15, 0.2) is 0 Å². The number of rotatable bonds is 4. The number of methoxy groups -OCH3 is 1. The van der Waals surface area contributed by atoms with Gasteiger partial charge in [0.05, 0.1) is 0 Å². The van der Waals surface area contributed by atoms with Crippen molar-refractivity contribution < 1.29 is 19.1 Å². The zero-order valence-corrected chi connectivity index (χ0v) is 12.3. The van der Waals surface area contributed by atoms with Gasteiger partial charge in [-0.15, -0.1) is 0 Å². The van der Waals surface area contributed by atoms with Crippen LogP contribution in [0.4, 0.5) is 4.79 Å². The van der Waals surface area contributed by atoms with Crippen LogP contribution in [-0.2, 0) is 14.3 Å². The SMILES string of the molecule is COC(C=O)C1CCC(NC(=O)OC(C)(C)C)CC1. The van der Waals surface area contributed by atoms with Crippen LogP contribution in [0.1, 0.15) is 46.5 Å². The van der Waals surface area contributed by atoms with Gasteiger partial charge in [0.25, 0.3) is 0 Å². The molecule has 0 aromatic carbocycles. The number of amides is 1. The molecule has 0 heterocycles. The molecule has 0 saturated heterocycles. The molecule has 1 aliphatic carbocycles. The molecule has 1 fully saturated rings. The number of carbonyl (C=O) groups is 2.